The predicted molar refractivity (Wildman–Crippen MR) is 127 cm³/mol. The number of aromatic nitrogens is 2. The van der Waals surface area contributed by atoms with E-state index < -0.39 is 11.5 Å². The van der Waals surface area contributed by atoms with Crippen molar-refractivity contribution in [2.24, 2.45) is 0 Å². The summed E-state index contributed by atoms with van der Waals surface area (Å²) in [5.41, 5.74) is 2.65. The predicted octanol–water partition coefficient (Wildman–Crippen LogP) is 5.50. The van der Waals surface area contributed by atoms with Gasteiger partial charge in [0, 0.05) is 21.3 Å². The summed E-state index contributed by atoms with van der Waals surface area (Å²) in [5, 5.41) is 5.86. The fourth-order valence-electron chi connectivity index (χ4n) is 2.97. The number of halogens is 1. The fourth-order valence-corrected chi connectivity index (χ4v) is 3.24. The summed E-state index contributed by atoms with van der Waals surface area (Å²) >= 11 is 3.41. The standard InChI is InChI=1S/C24H19BrN4O2/c1-15-7-13-19(14-8-15)26-22-20(27-23(30)17-5-3-2-4-6-17)24(31)29-21(28-22)16-9-11-18(25)12-10-16/h2-14H,1H3,(H,27,30)(H2,26,28,29,31). The lowest BCUT2D eigenvalue weighted by Gasteiger charge is -2.14. The van der Waals surface area contributed by atoms with E-state index in [1.54, 1.807) is 24.3 Å². The maximum atomic E-state index is 13.0. The lowest BCUT2D eigenvalue weighted by Crippen LogP contribution is -2.23. The zero-order chi connectivity index (χ0) is 21.8. The Kier molecular flexibility index (Phi) is 5.95. The van der Waals surface area contributed by atoms with Gasteiger partial charge in [-0.05, 0) is 43.3 Å². The molecule has 0 aliphatic carbocycles. The molecule has 154 valence electrons. The number of hydrogen-bond acceptors (Lipinski definition) is 4. The first-order chi connectivity index (χ1) is 15.0. The molecule has 1 aromatic heterocycles. The SMILES string of the molecule is Cc1ccc(Nc2nc(-c3ccc(Br)cc3)[nH]c(=O)c2NC(=O)c2ccccc2)cc1. The van der Waals surface area contributed by atoms with E-state index >= 15 is 0 Å². The molecule has 6 nitrogen and oxygen atoms in total. The van der Waals surface area contributed by atoms with E-state index in [0.29, 0.717) is 11.4 Å². The number of anilines is 3. The topological polar surface area (TPSA) is 86.9 Å². The maximum Gasteiger partial charge on any atom is 0.277 e. The molecular weight excluding hydrogens is 456 g/mol. The van der Waals surface area contributed by atoms with Crippen LogP contribution < -0.4 is 16.2 Å². The van der Waals surface area contributed by atoms with Gasteiger partial charge < -0.3 is 15.6 Å². The lowest BCUT2D eigenvalue weighted by molar-refractivity contribution is 0.102. The van der Waals surface area contributed by atoms with Crippen LogP contribution in [0.5, 0.6) is 0 Å². The first kappa shape index (κ1) is 20.6. The zero-order valence-corrected chi connectivity index (χ0v) is 18.2. The van der Waals surface area contributed by atoms with Gasteiger partial charge in [0.2, 0.25) is 0 Å². The van der Waals surface area contributed by atoms with Gasteiger partial charge in [0.1, 0.15) is 5.82 Å². The van der Waals surface area contributed by atoms with Crippen molar-refractivity contribution in [1.82, 2.24) is 9.97 Å². The Bertz CT molecular complexity index is 1270. The van der Waals surface area contributed by atoms with E-state index in [4.69, 9.17) is 0 Å². The van der Waals surface area contributed by atoms with E-state index in [9.17, 15) is 9.59 Å². The van der Waals surface area contributed by atoms with Crippen LogP contribution in [-0.2, 0) is 0 Å². The lowest BCUT2D eigenvalue weighted by atomic mass is 10.2. The van der Waals surface area contributed by atoms with E-state index in [1.165, 1.54) is 0 Å². The summed E-state index contributed by atoms with van der Waals surface area (Å²) in [5.74, 6) is 0.260. The fraction of sp³-hybridized carbons (Fsp3) is 0.0417. The molecule has 0 fully saturated rings. The van der Waals surface area contributed by atoms with Crippen LogP contribution in [0.25, 0.3) is 11.4 Å². The largest absolute Gasteiger partial charge is 0.338 e. The molecule has 0 aliphatic rings. The highest BCUT2D eigenvalue weighted by molar-refractivity contribution is 9.10. The summed E-state index contributed by atoms with van der Waals surface area (Å²) in [6, 6.07) is 23.8. The number of hydrogen-bond donors (Lipinski definition) is 3. The molecule has 0 spiro atoms. The van der Waals surface area contributed by atoms with Gasteiger partial charge in [0.15, 0.2) is 11.5 Å². The highest BCUT2D eigenvalue weighted by Gasteiger charge is 2.17. The van der Waals surface area contributed by atoms with Crippen molar-refractivity contribution in [3.63, 3.8) is 0 Å². The Morgan fingerprint density at radius 2 is 1.61 bits per heavy atom. The van der Waals surface area contributed by atoms with Gasteiger partial charge in [-0.25, -0.2) is 4.98 Å². The van der Waals surface area contributed by atoms with Crippen molar-refractivity contribution < 1.29 is 4.79 Å². The van der Waals surface area contributed by atoms with Crippen LogP contribution in [0.4, 0.5) is 17.2 Å². The Morgan fingerprint density at radius 3 is 2.29 bits per heavy atom. The number of carbonyl (C=O) groups excluding carboxylic acids is 1. The second-order valence-corrected chi connectivity index (χ2v) is 7.87. The number of aromatic amines is 1. The second kappa shape index (κ2) is 8.97. The summed E-state index contributed by atoms with van der Waals surface area (Å²) in [6.45, 7) is 1.99. The molecule has 0 saturated heterocycles. The van der Waals surface area contributed by atoms with Gasteiger partial charge >= 0.3 is 0 Å². The van der Waals surface area contributed by atoms with Gasteiger partial charge in [-0.3, -0.25) is 9.59 Å². The number of H-pyrrole nitrogens is 1. The number of rotatable bonds is 5. The molecular formula is C24H19BrN4O2. The van der Waals surface area contributed by atoms with Crippen LogP contribution >= 0.6 is 15.9 Å². The zero-order valence-electron chi connectivity index (χ0n) is 16.6. The monoisotopic (exact) mass is 474 g/mol. The number of carbonyl (C=O) groups is 1. The molecule has 0 saturated carbocycles. The van der Waals surface area contributed by atoms with Crippen molar-refractivity contribution in [2.75, 3.05) is 10.6 Å². The van der Waals surface area contributed by atoms with Crippen LogP contribution in [0.2, 0.25) is 0 Å². The normalized spacial score (nSPS) is 10.5. The van der Waals surface area contributed by atoms with E-state index in [2.05, 4.69) is 36.5 Å². The summed E-state index contributed by atoms with van der Waals surface area (Å²) in [7, 11) is 0. The molecule has 1 heterocycles. The molecule has 3 aromatic carbocycles. The van der Waals surface area contributed by atoms with Gasteiger partial charge in [-0.1, -0.05) is 64.0 Å². The molecule has 31 heavy (non-hydrogen) atoms. The number of nitrogens with zero attached hydrogens (tertiary/aromatic N) is 1. The first-order valence-corrected chi connectivity index (χ1v) is 10.4. The third kappa shape index (κ3) is 4.90. The van der Waals surface area contributed by atoms with Gasteiger partial charge in [0.05, 0.1) is 0 Å². The highest BCUT2D eigenvalue weighted by Crippen LogP contribution is 2.25. The van der Waals surface area contributed by atoms with E-state index in [0.717, 1.165) is 21.3 Å². The number of amides is 1. The van der Waals surface area contributed by atoms with Gasteiger partial charge in [0.25, 0.3) is 11.5 Å². The molecule has 4 aromatic rings. The Hall–Kier alpha value is -3.71. The van der Waals surface area contributed by atoms with Crippen molar-refractivity contribution in [2.45, 2.75) is 6.92 Å². The summed E-state index contributed by atoms with van der Waals surface area (Å²) in [6.07, 6.45) is 0. The summed E-state index contributed by atoms with van der Waals surface area (Å²) in [4.78, 5) is 33.0. The molecule has 7 heteroatoms. The van der Waals surface area contributed by atoms with Gasteiger partial charge in [-0.15, -0.1) is 0 Å². The van der Waals surface area contributed by atoms with Crippen LogP contribution in [0.3, 0.4) is 0 Å². The third-order valence-electron chi connectivity index (χ3n) is 4.63. The molecule has 4 rings (SSSR count). The minimum absolute atomic E-state index is 0.0512. The van der Waals surface area contributed by atoms with Crippen molar-refractivity contribution >= 4 is 39.0 Å². The number of nitrogens with one attached hydrogen (secondary N) is 3. The van der Waals surface area contributed by atoms with Crippen LogP contribution in [0, 0.1) is 6.92 Å². The van der Waals surface area contributed by atoms with Crippen molar-refractivity contribution in [1.29, 1.82) is 0 Å². The Balaban J connectivity index is 1.76. The quantitative estimate of drug-likeness (QED) is 0.356. The first-order valence-electron chi connectivity index (χ1n) is 9.60. The van der Waals surface area contributed by atoms with E-state index in [1.807, 2.05) is 61.5 Å². The average molecular weight is 475 g/mol. The number of aryl methyl sites for hydroxylation is 1. The molecule has 0 bridgehead atoms. The van der Waals surface area contributed by atoms with Crippen LogP contribution in [-0.4, -0.2) is 15.9 Å². The molecule has 0 unspecified atom stereocenters. The van der Waals surface area contributed by atoms with Crippen LogP contribution in [0.1, 0.15) is 15.9 Å². The molecule has 0 radical (unpaired) electrons. The Morgan fingerprint density at radius 1 is 0.935 bits per heavy atom. The minimum atomic E-state index is -0.452. The average Bonchev–Trinajstić information content (AvgIpc) is 2.78. The van der Waals surface area contributed by atoms with E-state index in [-0.39, 0.29) is 11.5 Å². The smallest absolute Gasteiger partial charge is 0.277 e. The molecule has 0 aliphatic heterocycles. The number of benzene rings is 3. The molecule has 3 N–H and O–H groups in total. The molecule has 1 amide bonds. The summed E-state index contributed by atoms with van der Waals surface area (Å²) < 4.78 is 0.920. The van der Waals surface area contributed by atoms with Gasteiger partial charge in [-0.2, -0.15) is 0 Å². The van der Waals surface area contributed by atoms with Crippen molar-refractivity contribution in [3.05, 3.63) is 105 Å². The molecule has 0 atom stereocenters. The highest BCUT2D eigenvalue weighted by atomic mass is 79.9. The van der Waals surface area contributed by atoms with Crippen molar-refractivity contribution in [3.8, 4) is 11.4 Å². The minimum Gasteiger partial charge on any atom is -0.338 e. The second-order valence-electron chi connectivity index (χ2n) is 6.96. The Labute approximate surface area is 187 Å². The maximum absolute atomic E-state index is 13.0. The third-order valence-corrected chi connectivity index (χ3v) is 5.15. The van der Waals surface area contributed by atoms with Crippen LogP contribution in [0.15, 0.2) is 88.1 Å².